The van der Waals surface area contributed by atoms with Gasteiger partial charge in [0.25, 0.3) is 5.91 Å². The van der Waals surface area contributed by atoms with Crippen molar-refractivity contribution in [2.75, 3.05) is 11.9 Å². The van der Waals surface area contributed by atoms with Crippen LogP contribution in [0.5, 0.6) is 5.75 Å². The molecule has 5 heteroatoms. The molecule has 2 amide bonds. The number of anilines is 1. The van der Waals surface area contributed by atoms with Crippen LogP contribution in [-0.2, 0) is 9.59 Å². The Morgan fingerprint density at radius 3 is 3.00 bits per heavy atom. The van der Waals surface area contributed by atoms with Gasteiger partial charge in [-0.05, 0) is 18.6 Å². The second kappa shape index (κ2) is 5.53. The number of amides is 2. The van der Waals surface area contributed by atoms with Crippen molar-refractivity contribution >= 4 is 17.5 Å². The molecule has 1 aliphatic rings. The van der Waals surface area contributed by atoms with Crippen LogP contribution in [0.1, 0.15) is 19.8 Å². The Bertz CT molecular complexity index is 459. The van der Waals surface area contributed by atoms with Gasteiger partial charge in [0.2, 0.25) is 5.91 Å². The van der Waals surface area contributed by atoms with Gasteiger partial charge in [0.15, 0.2) is 6.10 Å². The van der Waals surface area contributed by atoms with E-state index in [-0.39, 0.29) is 18.4 Å². The summed E-state index contributed by atoms with van der Waals surface area (Å²) >= 11 is 0. The highest BCUT2D eigenvalue weighted by molar-refractivity contribution is 5.98. The Morgan fingerprint density at radius 2 is 2.22 bits per heavy atom. The first-order valence-electron chi connectivity index (χ1n) is 6.04. The van der Waals surface area contributed by atoms with Gasteiger partial charge in [-0.1, -0.05) is 19.1 Å². The van der Waals surface area contributed by atoms with Crippen molar-refractivity contribution in [1.29, 1.82) is 0 Å². The van der Waals surface area contributed by atoms with E-state index in [1.165, 1.54) is 0 Å². The van der Waals surface area contributed by atoms with Crippen molar-refractivity contribution in [2.24, 2.45) is 0 Å². The third kappa shape index (κ3) is 2.80. The molecule has 1 unspecified atom stereocenters. The van der Waals surface area contributed by atoms with E-state index in [2.05, 4.69) is 10.6 Å². The Labute approximate surface area is 106 Å². The Kier molecular flexibility index (Phi) is 3.82. The Balaban J connectivity index is 1.95. The molecule has 1 aromatic rings. The third-order valence-electron chi connectivity index (χ3n) is 2.67. The molecule has 1 aromatic carbocycles. The van der Waals surface area contributed by atoms with E-state index >= 15 is 0 Å². The maximum absolute atomic E-state index is 11.7. The summed E-state index contributed by atoms with van der Waals surface area (Å²) in [4.78, 5) is 23.1. The van der Waals surface area contributed by atoms with Gasteiger partial charge < -0.3 is 15.4 Å². The Morgan fingerprint density at radius 1 is 1.44 bits per heavy atom. The zero-order valence-electron chi connectivity index (χ0n) is 10.2. The molecule has 1 heterocycles. The van der Waals surface area contributed by atoms with E-state index in [1.54, 1.807) is 12.1 Å². The zero-order valence-corrected chi connectivity index (χ0v) is 10.2. The van der Waals surface area contributed by atoms with E-state index < -0.39 is 6.10 Å². The molecule has 96 valence electrons. The number of hydrogen-bond acceptors (Lipinski definition) is 3. The topological polar surface area (TPSA) is 67.4 Å². The zero-order chi connectivity index (χ0) is 13.0. The maximum Gasteiger partial charge on any atom is 0.267 e. The molecule has 0 aromatic heterocycles. The van der Waals surface area contributed by atoms with E-state index in [4.69, 9.17) is 4.74 Å². The average Bonchev–Trinajstić information content (AvgIpc) is 2.36. The van der Waals surface area contributed by atoms with Crippen LogP contribution in [0.25, 0.3) is 0 Å². The monoisotopic (exact) mass is 248 g/mol. The quantitative estimate of drug-likeness (QED) is 0.844. The normalized spacial score (nSPS) is 17.4. The Hall–Kier alpha value is -2.04. The van der Waals surface area contributed by atoms with E-state index in [1.807, 2.05) is 19.1 Å². The van der Waals surface area contributed by atoms with Crippen LogP contribution in [-0.4, -0.2) is 24.5 Å². The lowest BCUT2D eigenvalue weighted by Crippen LogP contribution is -2.45. The van der Waals surface area contributed by atoms with Gasteiger partial charge in [-0.3, -0.25) is 9.59 Å². The van der Waals surface area contributed by atoms with Crippen molar-refractivity contribution < 1.29 is 14.3 Å². The first kappa shape index (κ1) is 12.4. The van der Waals surface area contributed by atoms with Crippen molar-refractivity contribution in [2.45, 2.75) is 25.9 Å². The molecule has 0 saturated heterocycles. The van der Waals surface area contributed by atoms with E-state index in [0.29, 0.717) is 17.9 Å². The summed E-state index contributed by atoms with van der Waals surface area (Å²) in [7, 11) is 0. The molecule has 2 N–H and O–H groups in total. The number of carbonyl (C=O) groups is 2. The standard InChI is InChI=1S/C13H16N2O3/c1-2-5-12(16)14-8-11-13(17)15-9-6-3-4-7-10(9)18-11/h3-4,6-7,11H,2,5,8H2,1H3,(H,14,16)(H,15,17). The highest BCUT2D eigenvalue weighted by atomic mass is 16.5. The molecule has 5 nitrogen and oxygen atoms in total. The number of benzene rings is 1. The van der Waals surface area contributed by atoms with Gasteiger partial charge in [-0.2, -0.15) is 0 Å². The van der Waals surface area contributed by atoms with Gasteiger partial charge >= 0.3 is 0 Å². The lowest BCUT2D eigenvalue weighted by Gasteiger charge is -2.25. The number of rotatable bonds is 4. The molecule has 0 spiro atoms. The average molecular weight is 248 g/mol. The summed E-state index contributed by atoms with van der Waals surface area (Å²) in [5.74, 6) is 0.338. The number of hydrogen-bond donors (Lipinski definition) is 2. The summed E-state index contributed by atoms with van der Waals surface area (Å²) in [6.45, 7) is 2.12. The fourth-order valence-corrected chi connectivity index (χ4v) is 1.75. The first-order chi connectivity index (χ1) is 8.70. The summed E-state index contributed by atoms with van der Waals surface area (Å²) in [6.07, 6.45) is 0.581. The van der Waals surface area contributed by atoms with Gasteiger partial charge in [0.1, 0.15) is 5.75 Å². The highest BCUT2D eigenvalue weighted by Crippen LogP contribution is 2.28. The van der Waals surface area contributed by atoms with Crippen molar-refractivity contribution in [3.8, 4) is 5.75 Å². The summed E-state index contributed by atoms with van der Waals surface area (Å²) in [5.41, 5.74) is 0.665. The van der Waals surface area contributed by atoms with Gasteiger partial charge in [-0.25, -0.2) is 0 Å². The van der Waals surface area contributed by atoms with Crippen LogP contribution in [0.2, 0.25) is 0 Å². The van der Waals surface area contributed by atoms with Gasteiger partial charge in [-0.15, -0.1) is 0 Å². The summed E-state index contributed by atoms with van der Waals surface area (Å²) < 4.78 is 5.55. The summed E-state index contributed by atoms with van der Waals surface area (Å²) in [5, 5.41) is 5.44. The molecule has 18 heavy (non-hydrogen) atoms. The largest absolute Gasteiger partial charge is 0.477 e. The number of ether oxygens (including phenoxy) is 1. The van der Waals surface area contributed by atoms with Crippen LogP contribution in [0.15, 0.2) is 24.3 Å². The molecule has 0 bridgehead atoms. The predicted molar refractivity (Wildman–Crippen MR) is 67.4 cm³/mol. The molecule has 1 aliphatic heterocycles. The first-order valence-corrected chi connectivity index (χ1v) is 6.04. The minimum atomic E-state index is -0.666. The van der Waals surface area contributed by atoms with Gasteiger partial charge in [0, 0.05) is 6.42 Å². The molecule has 1 atom stereocenters. The van der Waals surface area contributed by atoms with Crippen molar-refractivity contribution in [1.82, 2.24) is 5.32 Å². The number of nitrogens with one attached hydrogen (secondary N) is 2. The van der Waals surface area contributed by atoms with Gasteiger partial charge in [0.05, 0.1) is 12.2 Å². The fraction of sp³-hybridized carbons (Fsp3) is 0.385. The van der Waals surface area contributed by atoms with E-state index in [0.717, 1.165) is 6.42 Å². The predicted octanol–water partition coefficient (Wildman–Crippen LogP) is 1.30. The fourth-order valence-electron chi connectivity index (χ4n) is 1.75. The van der Waals surface area contributed by atoms with Crippen LogP contribution in [0.4, 0.5) is 5.69 Å². The smallest absolute Gasteiger partial charge is 0.267 e. The molecule has 0 radical (unpaired) electrons. The minimum Gasteiger partial charge on any atom is -0.477 e. The second-order valence-corrected chi connectivity index (χ2v) is 4.15. The molecular weight excluding hydrogens is 232 g/mol. The number of carbonyl (C=O) groups excluding carboxylic acids is 2. The number of fused-ring (bicyclic) bond motifs is 1. The van der Waals surface area contributed by atoms with Crippen LogP contribution >= 0.6 is 0 Å². The van der Waals surface area contributed by atoms with Crippen molar-refractivity contribution in [3.63, 3.8) is 0 Å². The minimum absolute atomic E-state index is 0.0623. The van der Waals surface area contributed by atoms with Crippen LogP contribution in [0.3, 0.4) is 0 Å². The molecular formula is C13H16N2O3. The molecule has 0 fully saturated rings. The summed E-state index contributed by atoms with van der Waals surface area (Å²) in [6, 6.07) is 7.23. The lowest BCUT2D eigenvalue weighted by molar-refractivity contribution is -0.125. The maximum atomic E-state index is 11.7. The van der Waals surface area contributed by atoms with Crippen molar-refractivity contribution in [3.05, 3.63) is 24.3 Å². The SMILES string of the molecule is CCCC(=O)NCC1Oc2ccccc2NC1=O. The third-order valence-corrected chi connectivity index (χ3v) is 2.67. The van der Waals surface area contributed by atoms with Crippen LogP contribution < -0.4 is 15.4 Å². The molecule has 2 rings (SSSR count). The number of para-hydroxylation sites is 2. The van der Waals surface area contributed by atoms with Crippen LogP contribution in [0, 0.1) is 0 Å². The highest BCUT2D eigenvalue weighted by Gasteiger charge is 2.27. The molecule has 0 aliphatic carbocycles. The second-order valence-electron chi connectivity index (χ2n) is 4.15. The molecule has 0 saturated carbocycles. The van der Waals surface area contributed by atoms with E-state index in [9.17, 15) is 9.59 Å². The lowest BCUT2D eigenvalue weighted by atomic mass is 10.2.